The number of amides is 1. The molecule has 1 amide bonds. The van der Waals surface area contributed by atoms with Gasteiger partial charge in [-0.25, -0.2) is 4.39 Å². The Morgan fingerprint density at radius 1 is 1.26 bits per heavy atom. The molecule has 7 nitrogen and oxygen atoms in total. The first kappa shape index (κ1) is 17.8. The van der Waals surface area contributed by atoms with E-state index >= 15 is 0 Å². The van der Waals surface area contributed by atoms with E-state index in [9.17, 15) is 9.18 Å². The number of hydrogen-bond donors (Lipinski definition) is 0. The number of hydrogen-bond acceptors (Lipinski definition) is 5. The molecule has 0 atom stereocenters. The number of carbonyl (C=O) groups excluding carboxylic acids is 1. The van der Waals surface area contributed by atoms with E-state index in [1.807, 2.05) is 12.1 Å². The van der Waals surface area contributed by atoms with Crippen molar-refractivity contribution in [3.05, 3.63) is 46.9 Å². The number of nitrogens with zero attached hydrogens (tertiary/aromatic N) is 6. The molecular formula is C18H18BrFN6O. The number of piperidine rings is 1. The second kappa shape index (κ2) is 7.22. The van der Waals surface area contributed by atoms with Crippen molar-refractivity contribution < 1.29 is 9.18 Å². The molecule has 140 valence electrons. The smallest absolute Gasteiger partial charge is 0.230 e. The van der Waals surface area contributed by atoms with Crippen LogP contribution in [0.4, 0.5) is 15.9 Å². The van der Waals surface area contributed by atoms with Crippen molar-refractivity contribution in [3.63, 3.8) is 0 Å². The van der Waals surface area contributed by atoms with Gasteiger partial charge in [-0.1, -0.05) is 15.9 Å². The van der Waals surface area contributed by atoms with Gasteiger partial charge in [0.2, 0.25) is 5.91 Å². The molecule has 4 rings (SSSR count). The lowest BCUT2D eigenvalue weighted by molar-refractivity contribution is -0.122. The van der Waals surface area contributed by atoms with E-state index in [1.54, 1.807) is 30.0 Å². The van der Waals surface area contributed by atoms with Crippen molar-refractivity contribution in [2.45, 2.75) is 12.8 Å². The SMILES string of the molecule is CN(C(=O)C1CCN(c2ccc3nncn3n2)CC1)c1ccc(Br)cc1F. The Balaban J connectivity index is 1.42. The van der Waals surface area contributed by atoms with Crippen molar-refractivity contribution in [3.8, 4) is 0 Å². The Bertz CT molecular complexity index is 985. The fraction of sp³-hybridized carbons (Fsp3) is 0.333. The highest BCUT2D eigenvalue weighted by atomic mass is 79.9. The fourth-order valence-corrected chi connectivity index (χ4v) is 3.72. The lowest BCUT2D eigenvalue weighted by Crippen LogP contribution is -2.42. The lowest BCUT2D eigenvalue weighted by atomic mass is 9.95. The van der Waals surface area contributed by atoms with Gasteiger partial charge in [0.25, 0.3) is 0 Å². The highest BCUT2D eigenvalue weighted by Gasteiger charge is 2.29. The van der Waals surface area contributed by atoms with Crippen LogP contribution in [0, 0.1) is 11.7 Å². The summed E-state index contributed by atoms with van der Waals surface area (Å²) in [6.07, 6.45) is 2.96. The van der Waals surface area contributed by atoms with Gasteiger partial charge in [0.1, 0.15) is 18.0 Å². The molecule has 1 fully saturated rings. The van der Waals surface area contributed by atoms with E-state index in [4.69, 9.17) is 0 Å². The van der Waals surface area contributed by atoms with Crippen LogP contribution in [0.5, 0.6) is 0 Å². The second-order valence-electron chi connectivity index (χ2n) is 6.58. The Hall–Kier alpha value is -2.55. The third-order valence-corrected chi connectivity index (χ3v) is 5.41. The third-order valence-electron chi connectivity index (χ3n) is 4.92. The molecule has 0 bridgehead atoms. The average molecular weight is 433 g/mol. The first-order valence-electron chi connectivity index (χ1n) is 8.67. The van der Waals surface area contributed by atoms with E-state index in [-0.39, 0.29) is 11.8 Å². The molecule has 0 N–H and O–H groups in total. The first-order valence-corrected chi connectivity index (χ1v) is 9.47. The van der Waals surface area contributed by atoms with Gasteiger partial charge in [0.15, 0.2) is 5.65 Å². The number of fused-ring (bicyclic) bond motifs is 1. The molecule has 1 aliphatic rings. The van der Waals surface area contributed by atoms with Crippen LogP contribution in [0.25, 0.3) is 5.65 Å². The van der Waals surface area contributed by atoms with Crippen molar-refractivity contribution in [1.82, 2.24) is 19.8 Å². The van der Waals surface area contributed by atoms with Crippen LogP contribution < -0.4 is 9.80 Å². The maximum atomic E-state index is 14.2. The quantitative estimate of drug-likeness (QED) is 0.636. The summed E-state index contributed by atoms with van der Waals surface area (Å²) in [7, 11) is 1.63. The minimum atomic E-state index is -0.413. The zero-order chi connectivity index (χ0) is 19.0. The summed E-state index contributed by atoms with van der Waals surface area (Å²) in [5.41, 5.74) is 0.993. The molecule has 1 saturated heterocycles. The number of halogens is 2. The molecule has 0 saturated carbocycles. The van der Waals surface area contributed by atoms with E-state index in [0.29, 0.717) is 41.7 Å². The van der Waals surface area contributed by atoms with Crippen molar-refractivity contribution in [1.29, 1.82) is 0 Å². The highest BCUT2D eigenvalue weighted by Crippen LogP contribution is 2.27. The Morgan fingerprint density at radius 2 is 2.04 bits per heavy atom. The summed E-state index contributed by atoms with van der Waals surface area (Å²) >= 11 is 3.24. The first-order chi connectivity index (χ1) is 13.0. The van der Waals surface area contributed by atoms with Crippen molar-refractivity contribution >= 4 is 39.0 Å². The molecule has 0 spiro atoms. The van der Waals surface area contributed by atoms with Gasteiger partial charge in [0, 0.05) is 30.5 Å². The molecule has 27 heavy (non-hydrogen) atoms. The van der Waals surface area contributed by atoms with Crippen LogP contribution in [0.3, 0.4) is 0 Å². The van der Waals surface area contributed by atoms with E-state index in [1.165, 1.54) is 11.0 Å². The summed E-state index contributed by atoms with van der Waals surface area (Å²) < 4.78 is 16.4. The molecule has 3 heterocycles. The van der Waals surface area contributed by atoms with Gasteiger partial charge >= 0.3 is 0 Å². The summed E-state index contributed by atoms with van der Waals surface area (Å²) in [5.74, 6) is 0.232. The van der Waals surface area contributed by atoms with Crippen molar-refractivity contribution in [2.24, 2.45) is 5.92 Å². The maximum Gasteiger partial charge on any atom is 0.230 e. The lowest BCUT2D eigenvalue weighted by Gasteiger charge is -2.33. The topological polar surface area (TPSA) is 66.6 Å². The summed E-state index contributed by atoms with van der Waals surface area (Å²) in [6.45, 7) is 1.43. The number of aromatic nitrogens is 4. The van der Waals surface area contributed by atoms with Gasteiger partial charge in [-0.15, -0.1) is 15.3 Å². The Morgan fingerprint density at radius 3 is 2.78 bits per heavy atom. The molecular weight excluding hydrogens is 415 g/mol. The average Bonchev–Trinajstić information content (AvgIpc) is 3.15. The predicted octanol–water partition coefficient (Wildman–Crippen LogP) is 2.91. The number of anilines is 2. The normalized spacial score (nSPS) is 15.3. The molecule has 9 heteroatoms. The Kier molecular flexibility index (Phi) is 4.77. The van der Waals surface area contributed by atoms with E-state index < -0.39 is 5.82 Å². The standard InChI is InChI=1S/C18H18BrFN6O/c1-24(15-3-2-13(19)10-14(15)20)18(27)12-6-8-25(9-7-12)17-5-4-16-22-21-11-26(16)23-17/h2-5,10-12H,6-9H2,1H3. The van der Waals surface area contributed by atoms with Crippen LogP contribution in [0.1, 0.15) is 12.8 Å². The summed E-state index contributed by atoms with van der Waals surface area (Å²) in [4.78, 5) is 16.4. The van der Waals surface area contributed by atoms with Gasteiger partial charge in [-0.3, -0.25) is 4.79 Å². The fourth-order valence-electron chi connectivity index (χ4n) is 3.39. The zero-order valence-corrected chi connectivity index (χ0v) is 16.3. The maximum absolute atomic E-state index is 14.2. The van der Waals surface area contributed by atoms with Gasteiger partial charge in [-0.05, 0) is 43.2 Å². The molecule has 0 radical (unpaired) electrons. The summed E-state index contributed by atoms with van der Waals surface area (Å²) in [6, 6.07) is 8.50. The Labute approximate surface area is 163 Å². The van der Waals surface area contributed by atoms with E-state index in [0.717, 1.165) is 5.82 Å². The minimum absolute atomic E-state index is 0.0573. The minimum Gasteiger partial charge on any atom is -0.355 e. The van der Waals surface area contributed by atoms with Crippen LogP contribution in [0.15, 0.2) is 41.1 Å². The number of benzene rings is 1. The second-order valence-corrected chi connectivity index (χ2v) is 7.50. The zero-order valence-electron chi connectivity index (χ0n) is 14.7. The van der Waals surface area contributed by atoms with Gasteiger partial charge < -0.3 is 9.80 Å². The monoisotopic (exact) mass is 432 g/mol. The molecule has 0 unspecified atom stereocenters. The van der Waals surface area contributed by atoms with Gasteiger partial charge in [0.05, 0.1) is 5.69 Å². The molecule has 0 aliphatic carbocycles. The van der Waals surface area contributed by atoms with Gasteiger partial charge in [-0.2, -0.15) is 4.52 Å². The predicted molar refractivity (Wildman–Crippen MR) is 103 cm³/mol. The molecule has 1 aliphatic heterocycles. The third kappa shape index (κ3) is 3.51. The molecule has 3 aromatic rings. The highest BCUT2D eigenvalue weighted by molar-refractivity contribution is 9.10. The largest absolute Gasteiger partial charge is 0.355 e. The molecule has 2 aromatic heterocycles. The van der Waals surface area contributed by atoms with Crippen LogP contribution in [-0.2, 0) is 4.79 Å². The van der Waals surface area contributed by atoms with Crippen LogP contribution in [-0.4, -0.2) is 45.9 Å². The molecule has 1 aromatic carbocycles. The summed E-state index contributed by atoms with van der Waals surface area (Å²) in [5, 5.41) is 12.3. The van der Waals surface area contributed by atoms with Crippen molar-refractivity contribution in [2.75, 3.05) is 29.9 Å². The number of rotatable bonds is 3. The van der Waals surface area contributed by atoms with E-state index in [2.05, 4.69) is 36.1 Å². The van der Waals surface area contributed by atoms with Crippen LogP contribution >= 0.6 is 15.9 Å². The van der Waals surface area contributed by atoms with Crippen LogP contribution in [0.2, 0.25) is 0 Å². The number of carbonyl (C=O) groups is 1.